The summed E-state index contributed by atoms with van der Waals surface area (Å²) in [5.41, 5.74) is 0.940. The molecule has 1 N–H and O–H groups in total. The Morgan fingerprint density at radius 2 is 2.04 bits per heavy atom. The molecule has 4 aromatic rings. The minimum Gasteiger partial charge on any atom is -0.362 e. The van der Waals surface area contributed by atoms with Gasteiger partial charge in [0.2, 0.25) is 0 Å². The molecular formula is C18H16N6S. The van der Waals surface area contributed by atoms with E-state index in [4.69, 9.17) is 9.97 Å². The van der Waals surface area contributed by atoms with Gasteiger partial charge in [-0.1, -0.05) is 18.2 Å². The molecule has 0 bridgehead atoms. The third-order valence-electron chi connectivity index (χ3n) is 4.44. The lowest BCUT2D eigenvalue weighted by molar-refractivity contribution is 0.695. The lowest BCUT2D eigenvalue weighted by atomic mass is 10.2. The molecule has 4 heterocycles. The maximum absolute atomic E-state index is 4.77. The summed E-state index contributed by atoms with van der Waals surface area (Å²) in [6, 6.07) is 12.1. The molecule has 1 aliphatic heterocycles. The van der Waals surface area contributed by atoms with Crippen LogP contribution < -0.4 is 5.32 Å². The molecule has 6 nitrogen and oxygen atoms in total. The number of aryl methyl sites for hydroxylation is 1. The van der Waals surface area contributed by atoms with Gasteiger partial charge in [-0.25, -0.2) is 9.97 Å². The number of aromatic nitrogens is 5. The Labute approximate surface area is 148 Å². The first-order chi connectivity index (χ1) is 12.4. The Kier molecular flexibility index (Phi) is 3.45. The van der Waals surface area contributed by atoms with Crippen molar-refractivity contribution in [3.05, 3.63) is 53.4 Å². The number of anilines is 1. The summed E-state index contributed by atoms with van der Waals surface area (Å²) in [5.74, 6) is 3.64. The molecule has 0 fully saturated rings. The van der Waals surface area contributed by atoms with E-state index < -0.39 is 0 Å². The van der Waals surface area contributed by atoms with Crippen molar-refractivity contribution in [2.45, 2.75) is 25.9 Å². The summed E-state index contributed by atoms with van der Waals surface area (Å²) >= 11 is 1.65. The normalized spacial score (nSPS) is 13.3. The lowest BCUT2D eigenvalue weighted by Crippen LogP contribution is -2.09. The summed E-state index contributed by atoms with van der Waals surface area (Å²) in [7, 11) is 0. The third kappa shape index (κ3) is 2.56. The maximum Gasteiger partial charge on any atom is 0.172 e. The molecule has 0 radical (unpaired) electrons. The Balaban J connectivity index is 1.53. The number of nitrogens with zero attached hydrogens (tertiary/aromatic N) is 5. The molecule has 0 unspecified atom stereocenters. The van der Waals surface area contributed by atoms with Crippen LogP contribution in [0, 0.1) is 0 Å². The number of para-hydroxylation sites is 1. The summed E-state index contributed by atoms with van der Waals surface area (Å²) < 4.78 is 2.20. The number of rotatable bonds is 4. The van der Waals surface area contributed by atoms with E-state index in [0.717, 1.165) is 58.5 Å². The molecule has 0 atom stereocenters. The summed E-state index contributed by atoms with van der Waals surface area (Å²) in [4.78, 5) is 10.5. The van der Waals surface area contributed by atoms with E-state index >= 15 is 0 Å². The van der Waals surface area contributed by atoms with Gasteiger partial charge < -0.3 is 9.88 Å². The van der Waals surface area contributed by atoms with E-state index in [1.54, 1.807) is 11.3 Å². The standard InChI is InChI=1S/C18H16N6S/c1-2-6-13-12(5-1)17(21-18(20-13)14-7-4-10-25-14)19-11-16-23-22-15-8-3-9-24(15)16/h1-2,4-7,10H,3,8-9,11H2,(H,19,20,21). The minimum absolute atomic E-state index is 0.609. The van der Waals surface area contributed by atoms with Gasteiger partial charge in [-0.3, -0.25) is 0 Å². The second-order valence-corrected chi connectivity index (χ2v) is 6.98. The van der Waals surface area contributed by atoms with Crippen molar-refractivity contribution in [1.29, 1.82) is 0 Å². The summed E-state index contributed by atoms with van der Waals surface area (Å²) in [6.07, 6.45) is 2.17. The van der Waals surface area contributed by atoms with E-state index in [2.05, 4.69) is 20.1 Å². The fraction of sp³-hybridized carbons (Fsp3) is 0.222. The molecule has 0 saturated heterocycles. The van der Waals surface area contributed by atoms with E-state index in [1.165, 1.54) is 0 Å². The van der Waals surface area contributed by atoms with Gasteiger partial charge in [0.05, 0.1) is 16.9 Å². The fourth-order valence-corrected chi connectivity index (χ4v) is 3.89. The first-order valence-electron chi connectivity index (χ1n) is 8.34. The SMILES string of the molecule is c1csc(-c2nc(NCc3nnc4n3CCC4)c3ccccc3n2)c1. The van der Waals surface area contributed by atoms with Gasteiger partial charge in [0.1, 0.15) is 11.6 Å². The van der Waals surface area contributed by atoms with Crippen LogP contribution in [0.5, 0.6) is 0 Å². The number of benzene rings is 1. The Morgan fingerprint density at radius 3 is 2.96 bits per heavy atom. The number of hydrogen-bond donors (Lipinski definition) is 1. The average molecular weight is 348 g/mol. The maximum atomic E-state index is 4.77. The highest BCUT2D eigenvalue weighted by atomic mass is 32.1. The molecular weight excluding hydrogens is 332 g/mol. The van der Waals surface area contributed by atoms with Crippen LogP contribution >= 0.6 is 11.3 Å². The van der Waals surface area contributed by atoms with Crippen LogP contribution in [0.15, 0.2) is 41.8 Å². The van der Waals surface area contributed by atoms with Crippen molar-refractivity contribution >= 4 is 28.1 Å². The van der Waals surface area contributed by atoms with Crippen LogP contribution in [0.2, 0.25) is 0 Å². The topological polar surface area (TPSA) is 68.5 Å². The minimum atomic E-state index is 0.609. The number of fused-ring (bicyclic) bond motifs is 2. The zero-order valence-electron chi connectivity index (χ0n) is 13.5. The van der Waals surface area contributed by atoms with Gasteiger partial charge >= 0.3 is 0 Å². The molecule has 1 aromatic carbocycles. The number of nitrogens with one attached hydrogen (secondary N) is 1. The van der Waals surface area contributed by atoms with Crippen LogP contribution in [0.3, 0.4) is 0 Å². The quantitative estimate of drug-likeness (QED) is 0.611. The van der Waals surface area contributed by atoms with E-state index in [0.29, 0.717) is 6.54 Å². The smallest absolute Gasteiger partial charge is 0.172 e. The third-order valence-corrected chi connectivity index (χ3v) is 5.31. The van der Waals surface area contributed by atoms with Crippen molar-refractivity contribution < 1.29 is 0 Å². The largest absolute Gasteiger partial charge is 0.362 e. The van der Waals surface area contributed by atoms with Gasteiger partial charge in [-0.2, -0.15) is 0 Å². The van der Waals surface area contributed by atoms with Crippen molar-refractivity contribution in [3.63, 3.8) is 0 Å². The molecule has 7 heteroatoms. The fourth-order valence-electron chi connectivity index (χ4n) is 3.23. The van der Waals surface area contributed by atoms with Gasteiger partial charge in [0.25, 0.3) is 0 Å². The van der Waals surface area contributed by atoms with Crippen LogP contribution in [-0.2, 0) is 19.5 Å². The zero-order valence-corrected chi connectivity index (χ0v) is 14.3. The van der Waals surface area contributed by atoms with Crippen molar-refractivity contribution in [3.8, 4) is 10.7 Å². The highest BCUT2D eigenvalue weighted by molar-refractivity contribution is 7.13. The highest BCUT2D eigenvalue weighted by Crippen LogP contribution is 2.27. The molecule has 0 saturated carbocycles. The average Bonchev–Trinajstić information content (AvgIpc) is 3.37. The van der Waals surface area contributed by atoms with Crippen LogP contribution in [-0.4, -0.2) is 24.7 Å². The molecule has 3 aromatic heterocycles. The first-order valence-corrected chi connectivity index (χ1v) is 9.22. The Hall–Kier alpha value is -2.80. The Morgan fingerprint density at radius 1 is 1.08 bits per heavy atom. The van der Waals surface area contributed by atoms with E-state index in [1.807, 2.05) is 41.8 Å². The van der Waals surface area contributed by atoms with Gasteiger partial charge in [0, 0.05) is 18.4 Å². The van der Waals surface area contributed by atoms with Crippen LogP contribution in [0.4, 0.5) is 5.82 Å². The van der Waals surface area contributed by atoms with E-state index in [-0.39, 0.29) is 0 Å². The van der Waals surface area contributed by atoms with Crippen molar-refractivity contribution in [1.82, 2.24) is 24.7 Å². The Bertz CT molecular complexity index is 1040. The molecule has 0 amide bonds. The van der Waals surface area contributed by atoms with Crippen molar-refractivity contribution in [2.24, 2.45) is 0 Å². The molecule has 0 spiro atoms. The lowest BCUT2D eigenvalue weighted by Gasteiger charge is -2.10. The summed E-state index contributed by atoms with van der Waals surface area (Å²) in [5, 5.41) is 15.1. The van der Waals surface area contributed by atoms with Crippen LogP contribution in [0.1, 0.15) is 18.1 Å². The van der Waals surface area contributed by atoms with Crippen molar-refractivity contribution in [2.75, 3.05) is 5.32 Å². The van der Waals surface area contributed by atoms with Crippen LogP contribution in [0.25, 0.3) is 21.6 Å². The van der Waals surface area contributed by atoms with Gasteiger partial charge in [0.15, 0.2) is 11.6 Å². The molecule has 25 heavy (non-hydrogen) atoms. The molecule has 5 rings (SSSR count). The van der Waals surface area contributed by atoms with Gasteiger partial charge in [-0.05, 0) is 30.0 Å². The number of thiophene rings is 1. The van der Waals surface area contributed by atoms with E-state index in [9.17, 15) is 0 Å². The molecule has 0 aliphatic carbocycles. The first kappa shape index (κ1) is 14.5. The highest BCUT2D eigenvalue weighted by Gasteiger charge is 2.17. The number of hydrogen-bond acceptors (Lipinski definition) is 6. The zero-order chi connectivity index (χ0) is 16.6. The monoisotopic (exact) mass is 348 g/mol. The molecule has 124 valence electrons. The second-order valence-electron chi connectivity index (χ2n) is 6.03. The summed E-state index contributed by atoms with van der Waals surface area (Å²) in [6.45, 7) is 1.61. The second kappa shape index (κ2) is 5.93. The van der Waals surface area contributed by atoms with Gasteiger partial charge in [-0.15, -0.1) is 21.5 Å². The predicted molar refractivity (Wildman–Crippen MR) is 98.5 cm³/mol. The predicted octanol–water partition coefficient (Wildman–Crippen LogP) is 3.51. The molecule has 1 aliphatic rings.